The Hall–Kier alpha value is -1.92. The Morgan fingerprint density at radius 2 is 2.35 bits per heavy atom. The number of hydrogen-bond donors (Lipinski definition) is 1. The highest BCUT2D eigenvalue weighted by atomic mass is 16.5. The third-order valence-electron chi connectivity index (χ3n) is 2.61. The molecule has 0 saturated carbocycles. The van der Waals surface area contributed by atoms with E-state index in [9.17, 15) is 0 Å². The monoisotopic (exact) mass is 229 g/mol. The average Bonchev–Trinajstić information content (AvgIpc) is 2.78. The van der Waals surface area contributed by atoms with E-state index < -0.39 is 0 Å². The average molecular weight is 229 g/mol. The first-order valence-corrected chi connectivity index (χ1v) is 5.49. The summed E-state index contributed by atoms with van der Waals surface area (Å²) in [6, 6.07) is 7.85. The van der Waals surface area contributed by atoms with Crippen LogP contribution in [0.15, 0.2) is 28.7 Å². The number of nitrogens with one attached hydrogen (secondary N) is 1. The van der Waals surface area contributed by atoms with Gasteiger partial charge in [-0.25, -0.2) is 0 Å². The molecule has 2 rings (SSSR count). The minimum Gasteiger partial charge on any atom is -0.493 e. The second kappa shape index (κ2) is 4.94. The van der Waals surface area contributed by atoms with Gasteiger partial charge in [-0.2, -0.15) is 0 Å². The zero-order valence-corrected chi connectivity index (χ0v) is 9.99. The Labute approximate surface area is 101 Å². The van der Waals surface area contributed by atoms with E-state index >= 15 is 0 Å². The van der Waals surface area contributed by atoms with Crippen molar-refractivity contribution in [3.8, 4) is 18.1 Å². The van der Waals surface area contributed by atoms with E-state index in [1.807, 2.05) is 31.2 Å². The van der Waals surface area contributed by atoms with Crippen molar-refractivity contribution in [1.82, 2.24) is 5.32 Å². The van der Waals surface area contributed by atoms with Gasteiger partial charge in [0.15, 0.2) is 11.3 Å². The summed E-state index contributed by atoms with van der Waals surface area (Å²) in [5.74, 6) is 4.22. The number of methoxy groups -OCH3 is 1. The summed E-state index contributed by atoms with van der Waals surface area (Å²) < 4.78 is 11.0. The molecule has 1 atom stereocenters. The summed E-state index contributed by atoms with van der Waals surface area (Å²) >= 11 is 0. The van der Waals surface area contributed by atoms with Gasteiger partial charge in [0.1, 0.15) is 5.76 Å². The lowest BCUT2D eigenvalue weighted by atomic mass is 10.2. The number of benzene rings is 1. The molecule has 0 aliphatic carbocycles. The third kappa shape index (κ3) is 2.43. The largest absolute Gasteiger partial charge is 0.493 e. The van der Waals surface area contributed by atoms with Gasteiger partial charge in [0.05, 0.1) is 19.7 Å². The molecule has 0 radical (unpaired) electrons. The molecule has 3 nitrogen and oxygen atoms in total. The maximum Gasteiger partial charge on any atom is 0.176 e. The number of hydrogen-bond acceptors (Lipinski definition) is 3. The Kier molecular flexibility index (Phi) is 3.36. The van der Waals surface area contributed by atoms with Crippen molar-refractivity contribution >= 4 is 11.0 Å². The second-order valence-corrected chi connectivity index (χ2v) is 3.86. The fraction of sp³-hybridized carbons (Fsp3) is 0.286. The van der Waals surface area contributed by atoms with Gasteiger partial charge < -0.3 is 9.15 Å². The molecule has 1 unspecified atom stereocenters. The van der Waals surface area contributed by atoms with E-state index in [0.717, 1.165) is 22.5 Å². The summed E-state index contributed by atoms with van der Waals surface area (Å²) in [5, 5.41) is 4.21. The predicted octanol–water partition coefficient (Wildman–Crippen LogP) is 2.55. The predicted molar refractivity (Wildman–Crippen MR) is 67.9 cm³/mol. The molecular weight excluding hydrogens is 214 g/mol. The molecule has 1 aromatic carbocycles. The number of terminal acetylenes is 1. The fourth-order valence-electron chi connectivity index (χ4n) is 1.65. The molecule has 0 spiro atoms. The van der Waals surface area contributed by atoms with Crippen LogP contribution in [0.5, 0.6) is 5.75 Å². The molecule has 1 heterocycles. The van der Waals surface area contributed by atoms with Crippen LogP contribution in [0.25, 0.3) is 11.0 Å². The van der Waals surface area contributed by atoms with E-state index in [0.29, 0.717) is 6.54 Å². The third-order valence-corrected chi connectivity index (χ3v) is 2.61. The molecule has 0 amide bonds. The first-order chi connectivity index (χ1) is 8.24. The van der Waals surface area contributed by atoms with Gasteiger partial charge in [0.2, 0.25) is 0 Å². The molecule has 2 aromatic rings. The van der Waals surface area contributed by atoms with Gasteiger partial charge >= 0.3 is 0 Å². The lowest BCUT2D eigenvalue weighted by Gasteiger charge is -2.04. The minimum absolute atomic E-state index is 0.0325. The van der Waals surface area contributed by atoms with Crippen LogP contribution >= 0.6 is 0 Å². The summed E-state index contributed by atoms with van der Waals surface area (Å²) in [7, 11) is 1.63. The standard InChI is InChI=1S/C14H15NO2/c1-4-10(2)15-9-12-8-11-6-5-7-13(16-3)14(11)17-12/h1,5-8,10,15H,9H2,2-3H3. The van der Waals surface area contributed by atoms with Gasteiger partial charge in [-0.15, -0.1) is 6.42 Å². The molecule has 0 aliphatic rings. The number of fused-ring (bicyclic) bond motifs is 1. The first-order valence-electron chi connectivity index (χ1n) is 5.49. The fourth-order valence-corrected chi connectivity index (χ4v) is 1.65. The molecule has 3 heteroatoms. The molecule has 0 fully saturated rings. The van der Waals surface area contributed by atoms with Crippen molar-refractivity contribution in [1.29, 1.82) is 0 Å². The Morgan fingerprint density at radius 1 is 1.53 bits per heavy atom. The first kappa shape index (κ1) is 11.6. The molecule has 88 valence electrons. The van der Waals surface area contributed by atoms with Crippen molar-refractivity contribution in [3.63, 3.8) is 0 Å². The van der Waals surface area contributed by atoms with E-state index in [-0.39, 0.29) is 6.04 Å². The summed E-state index contributed by atoms with van der Waals surface area (Å²) in [6.07, 6.45) is 5.29. The van der Waals surface area contributed by atoms with Crippen molar-refractivity contribution in [2.24, 2.45) is 0 Å². The van der Waals surface area contributed by atoms with Gasteiger partial charge in [0, 0.05) is 5.39 Å². The molecule has 1 aromatic heterocycles. The number of furan rings is 1. The number of para-hydroxylation sites is 1. The molecule has 17 heavy (non-hydrogen) atoms. The van der Waals surface area contributed by atoms with E-state index in [1.54, 1.807) is 7.11 Å². The summed E-state index contributed by atoms with van der Waals surface area (Å²) in [5.41, 5.74) is 0.778. The number of rotatable bonds is 4. The topological polar surface area (TPSA) is 34.4 Å². The normalized spacial score (nSPS) is 12.3. The van der Waals surface area contributed by atoms with E-state index in [1.165, 1.54) is 0 Å². The molecule has 0 saturated heterocycles. The second-order valence-electron chi connectivity index (χ2n) is 3.86. The Bertz CT molecular complexity index is 551. The highest BCUT2D eigenvalue weighted by Crippen LogP contribution is 2.28. The lowest BCUT2D eigenvalue weighted by molar-refractivity contribution is 0.406. The van der Waals surface area contributed by atoms with Crippen LogP contribution in [0.4, 0.5) is 0 Å². The van der Waals surface area contributed by atoms with Gasteiger partial charge in [-0.05, 0) is 19.1 Å². The van der Waals surface area contributed by atoms with Crippen molar-refractivity contribution in [2.45, 2.75) is 19.5 Å². The quantitative estimate of drug-likeness (QED) is 0.818. The molecular formula is C14H15NO2. The van der Waals surface area contributed by atoms with Crippen LogP contribution in [0, 0.1) is 12.3 Å². The highest BCUT2D eigenvalue weighted by Gasteiger charge is 2.08. The van der Waals surface area contributed by atoms with Crippen LogP contribution in [-0.2, 0) is 6.54 Å². The van der Waals surface area contributed by atoms with Crippen LogP contribution in [0.3, 0.4) is 0 Å². The zero-order valence-electron chi connectivity index (χ0n) is 9.99. The SMILES string of the molecule is C#CC(C)NCc1cc2cccc(OC)c2o1. The summed E-state index contributed by atoms with van der Waals surface area (Å²) in [6.45, 7) is 2.55. The molecule has 0 aliphatic heterocycles. The van der Waals surface area contributed by atoms with Crippen LogP contribution < -0.4 is 10.1 Å². The minimum atomic E-state index is 0.0325. The smallest absolute Gasteiger partial charge is 0.176 e. The van der Waals surface area contributed by atoms with Gasteiger partial charge in [-0.3, -0.25) is 5.32 Å². The van der Waals surface area contributed by atoms with Gasteiger partial charge in [-0.1, -0.05) is 18.1 Å². The maximum absolute atomic E-state index is 5.73. The zero-order chi connectivity index (χ0) is 12.3. The number of ether oxygens (including phenoxy) is 1. The van der Waals surface area contributed by atoms with Crippen LogP contribution in [0.1, 0.15) is 12.7 Å². The van der Waals surface area contributed by atoms with Crippen molar-refractivity contribution < 1.29 is 9.15 Å². The van der Waals surface area contributed by atoms with Crippen LogP contribution in [0.2, 0.25) is 0 Å². The van der Waals surface area contributed by atoms with E-state index in [4.69, 9.17) is 15.6 Å². The van der Waals surface area contributed by atoms with Crippen molar-refractivity contribution in [2.75, 3.05) is 7.11 Å². The molecule has 1 N–H and O–H groups in total. The van der Waals surface area contributed by atoms with Crippen molar-refractivity contribution in [3.05, 3.63) is 30.0 Å². The lowest BCUT2D eigenvalue weighted by Crippen LogP contribution is -2.23. The Morgan fingerprint density at radius 3 is 3.06 bits per heavy atom. The maximum atomic E-state index is 5.73. The highest BCUT2D eigenvalue weighted by molar-refractivity contribution is 5.83. The molecule has 0 bridgehead atoms. The Balaban J connectivity index is 2.23. The van der Waals surface area contributed by atoms with Gasteiger partial charge in [0.25, 0.3) is 0 Å². The van der Waals surface area contributed by atoms with E-state index in [2.05, 4.69) is 11.2 Å². The van der Waals surface area contributed by atoms with Crippen LogP contribution in [-0.4, -0.2) is 13.2 Å². The summed E-state index contributed by atoms with van der Waals surface area (Å²) in [4.78, 5) is 0.